The van der Waals surface area contributed by atoms with E-state index in [4.69, 9.17) is 27.9 Å². The summed E-state index contributed by atoms with van der Waals surface area (Å²) in [4.78, 5) is 19.7. The van der Waals surface area contributed by atoms with Gasteiger partial charge in [-0.2, -0.15) is 5.10 Å². The van der Waals surface area contributed by atoms with Crippen LogP contribution in [0.3, 0.4) is 0 Å². The van der Waals surface area contributed by atoms with Crippen LogP contribution >= 0.6 is 23.2 Å². The first kappa shape index (κ1) is 21.1. The molecule has 7 nitrogen and oxygen atoms in total. The van der Waals surface area contributed by atoms with Crippen LogP contribution in [0.5, 0.6) is 0 Å². The molecule has 0 amide bonds. The maximum Gasteiger partial charge on any atom is 0.261 e. The molecule has 0 radical (unpaired) electrons. The molecule has 1 aromatic carbocycles. The molecule has 0 aliphatic carbocycles. The Labute approximate surface area is 184 Å². The molecule has 0 spiro atoms. The Morgan fingerprint density at radius 3 is 2.67 bits per heavy atom. The van der Waals surface area contributed by atoms with E-state index in [0.717, 1.165) is 22.5 Å². The number of aryl methyl sites for hydroxylation is 1. The highest BCUT2D eigenvalue weighted by molar-refractivity contribution is 6.76. The van der Waals surface area contributed by atoms with Crippen molar-refractivity contribution in [1.82, 2.24) is 24.3 Å². The summed E-state index contributed by atoms with van der Waals surface area (Å²) < 4.78 is 9.41. The van der Waals surface area contributed by atoms with Crippen LogP contribution in [-0.2, 0) is 18.5 Å². The van der Waals surface area contributed by atoms with Gasteiger partial charge in [0.1, 0.15) is 6.73 Å². The lowest BCUT2D eigenvalue weighted by molar-refractivity contribution is 0.0899. The molecule has 0 aliphatic rings. The molecular weight excluding hydrogens is 441 g/mol. The number of hydrogen-bond acceptors (Lipinski definition) is 4. The summed E-state index contributed by atoms with van der Waals surface area (Å²) in [5.74, 6) is 0. The molecule has 0 aliphatic heterocycles. The Bertz CT molecular complexity index is 1300. The number of halogens is 2. The first-order chi connectivity index (χ1) is 14.1. The Kier molecular flexibility index (Phi) is 5.52. The number of nitrogens with zero attached hydrogens (tertiary/aromatic N) is 4. The number of H-pyrrole nitrogens is 1. The van der Waals surface area contributed by atoms with E-state index in [9.17, 15) is 4.79 Å². The van der Waals surface area contributed by atoms with Gasteiger partial charge in [-0.05, 0) is 23.7 Å². The van der Waals surface area contributed by atoms with E-state index in [2.05, 4.69) is 34.7 Å². The van der Waals surface area contributed by atoms with Gasteiger partial charge >= 0.3 is 0 Å². The Morgan fingerprint density at radius 2 is 1.93 bits per heavy atom. The van der Waals surface area contributed by atoms with Crippen LogP contribution in [0.2, 0.25) is 36.0 Å². The minimum atomic E-state index is -1.20. The minimum absolute atomic E-state index is 0.0364. The second kappa shape index (κ2) is 7.85. The maximum atomic E-state index is 12.8. The fourth-order valence-corrected chi connectivity index (χ4v) is 4.63. The van der Waals surface area contributed by atoms with Gasteiger partial charge in [0.05, 0.1) is 15.9 Å². The molecule has 0 fully saturated rings. The summed E-state index contributed by atoms with van der Waals surface area (Å²) in [5.41, 5.74) is 2.36. The summed E-state index contributed by atoms with van der Waals surface area (Å²) in [6.45, 7) is 7.84. The predicted molar refractivity (Wildman–Crippen MR) is 124 cm³/mol. The van der Waals surface area contributed by atoms with E-state index in [0.29, 0.717) is 28.2 Å². The number of hydrogen-bond donors (Lipinski definition) is 1. The highest BCUT2D eigenvalue weighted by atomic mass is 35.5. The van der Waals surface area contributed by atoms with Crippen LogP contribution in [0.1, 0.15) is 0 Å². The van der Waals surface area contributed by atoms with Gasteiger partial charge in [-0.15, -0.1) is 0 Å². The molecule has 158 valence electrons. The topological polar surface area (TPSA) is 77.7 Å². The van der Waals surface area contributed by atoms with Crippen molar-refractivity contribution in [3.8, 4) is 11.1 Å². The monoisotopic (exact) mass is 463 g/mol. The molecule has 0 atom stereocenters. The Morgan fingerprint density at radius 1 is 1.17 bits per heavy atom. The molecule has 0 bridgehead atoms. The molecule has 0 saturated carbocycles. The van der Waals surface area contributed by atoms with E-state index in [1.807, 2.05) is 31.6 Å². The summed E-state index contributed by atoms with van der Waals surface area (Å²) >= 11 is 12.7. The van der Waals surface area contributed by atoms with Crippen LogP contribution in [0.4, 0.5) is 0 Å². The molecule has 0 unspecified atom stereocenters. The van der Waals surface area contributed by atoms with Crippen molar-refractivity contribution in [2.45, 2.75) is 32.4 Å². The summed E-state index contributed by atoms with van der Waals surface area (Å²) in [7, 11) is 0.646. The fraction of sp³-hybridized carbons (Fsp3) is 0.350. The van der Waals surface area contributed by atoms with Crippen molar-refractivity contribution >= 4 is 53.2 Å². The molecular formula is C20H23Cl2N5O2Si. The number of nitrogens with one attached hydrogen (secondary N) is 1. The summed E-state index contributed by atoms with van der Waals surface area (Å²) in [6, 6.07) is 4.82. The van der Waals surface area contributed by atoms with Crippen LogP contribution in [0, 0.1) is 0 Å². The van der Waals surface area contributed by atoms with E-state index < -0.39 is 8.07 Å². The zero-order chi connectivity index (χ0) is 21.6. The van der Waals surface area contributed by atoms with Gasteiger partial charge in [0, 0.05) is 50.6 Å². The Hall–Kier alpha value is -2.13. The van der Waals surface area contributed by atoms with Gasteiger partial charge in [-0.1, -0.05) is 37.3 Å². The molecule has 10 heteroatoms. The average Bonchev–Trinajstić information content (AvgIpc) is 3.19. The SMILES string of the molecule is Cn1cc2c(Cl)c(-c3cn(COCC[Si](C)(C)C)c4nc(Cl)[nH]c(=O)c34)ccc2n1. The van der Waals surface area contributed by atoms with Gasteiger partial charge in [0.2, 0.25) is 5.28 Å². The predicted octanol–water partition coefficient (Wildman–Crippen LogP) is 4.90. The molecule has 4 aromatic rings. The number of rotatable bonds is 6. The van der Waals surface area contributed by atoms with E-state index in [-0.39, 0.29) is 17.6 Å². The zero-order valence-electron chi connectivity index (χ0n) is 17.3. The molecule has 4 rings (SSSR count). The number of aromatic amines is 1. The summed E-state index contributed by atoms with van der Waals surface area (Å²) in [5, 5.41) is 6.21. The van der Waals surface area contributed by atoms with Crippen molar-refractivity contribution in [3.63, 3.8) is 0 Å². The van der Waals surface area contributed by atoms with Crippen LogP contribution < -0.4 is 5.56 Å². The molecule has 0 saturated heterocycles. The van der Waals surface area contributed by atoms with Crippen molar-refractivity contribution < 1.29 is 4.74 Å². The quantitative estimate of drug-likeness (QED) is 0.250. The van der Waals surface area contributed by atoms with E-state index in [1.165, 1.54) is 0 Å². The van der Waals surface area contributed by atoms with Crippen LogP contribution in [0.15, 0.2) is 29.3 Å². The highest BCUT2D eigenvalue weighted by Gasteiger charge is 2.20. The fourth-order valence-electron chi connectivity index (χ4n) is 3.40. The van der Waals surface area contributed by atoms with Crippen LogP contribution in [0.25, 0.3) is 33.1 Å². The maximum absolute atomic E-state index is 12.8. The highest BCUT2D eigenvalue weighted by Crippen LogP contribution is 2.37. The van der Waals surface area contributed by atoms with E-state index in [1.54, 1.807) is 9.25 Å². The normalized spacial score (nSPS) is 12.3. The number of ether oxygens (including phenoxy) is 1. The van der Waals surface area contributed by atoms with Crippen LogP contribution in [-0.4, -0.2) is 39.0 Å². The Balaban J connectivity index is 1.81. The van der Waals surface area contributed by atoms with Crippen molar-refractivity contribution in [3.05, 3.63) is 45.2 Å². The van der Waals surface area contributed by atoms with Crippen molar-refractivity contribution in [2.24, 2.45) is 7.05 Å². The molecule has 1 N–H and O–H groups in total. The van der Waals surface area contributed by atoms with Gasteiger partial charge in [0.15, 0.2) is 5.65 Å². The first-order valence-corrected chi connectivity index (χ1v) is 14.1. The third kappa shape index (κ3) is 4.05. The molecule has 30 heavy (non-hydrogen) atoms. The van der Waals surface area contributed by atoms with Crippen molar-refractivity contribution in [2.75, 3.05) is 6.61 Å². The van der Waals surface area contributed by atoms with Gasteiger partial charge < -0.3 is 9.30 Å². The summed E-state index contributed by atoms with van der Waals surface area (Å²) in [6.07, 6.45) is 3.71. The third-order valence-corrected chi connectivity index (χ3v) is 7.24. The second-order valence-corrected chi connectivity index (χ2v) is 14.9. The van der Waals surface area contributed by atoms with Gasteiger partial charge in [-0.25, -0.2) is 4.98 Å². The molecule has 3 heterocycles. The number of fused-ring (bicyclic) bond motifs is 2. The lowest BCUT2D eigenvalue weighted by Gasteiger charge is -2.15. The zero-order valence-corrected chi connectivity index (χ0v) is 19.8. The number of benzene rings is 1. The lowest BCUT2D eigenvalue weighted by Crippen LogP contribution is -2.22. The molecule has 3 aromatic heterocycles. The lowest BCUT2D eigenvalue weighted by atomic mass is 10.0. The average molecular weight is 464 g/mol. The second-order valence-electron chi connectivity index (χ2n) is 8.58. The smallest absolute Gasteiger partial charge is 0.261 e. The third-order valence-electron chi connectivity index (χ3n) is 4.95. The van der Waals surface area contributed by atoms with Gasteiger partial charge in [0.25, 0.3) is 5.56 Å². The first-order valence-electron chi connectivity index (χ1n) is 9.63. The standard InChI is InChI=1S/C20H23Cl2N5O2Si/c1-26-9-14-15(25-26)6-5-12(17(14)21)13-10-27(11-29-7-8-30(2,3)4)18-16(13)19(28)24-20(22)23-18/h5-6,9-10H,7-8,11H2,1-4H3,(H,23,24,28). The van der Waals surface area contributed by atoms with E-state index >= 15 is 0 Å². The number of aromatic nitrogens is 5. The minimum Gasteiger partial charge on any atom is -0.361 e. The van der Waals surface area contributed by atoms with Crippen molar-refractivity contribution in [1.29, 1.82) is 0 Å². The van der Waals surface area contributed by atoms with Gasteiger partial charge in [-0.3, -0.25) is 14.5 Å². The largest absolute Gasteiger partial charge is 0.361 e.